The van der Waals surface area contributed by atoms with Gasteiger partial charge in [-0.25, -0.2) is 14.8 Å². The van der Waals surface area contributed by atoms with Crippen LogP contribution in [0.15, 0.2) is 18.5 Å². The first kappa shape index (κ1) is 17.9. The Morgan fingerprint density at radius 2 is 2.00 bits per heavy atom. The molecule has 0 aliphatic carbocycles. The molecule has 2 aliphatic rings. The molecule has 1 aromatic rings. The van der Waals surface area contributed by atoms with Crippen LogP contribution >= 0.6 is 0 Å². The fraction of sp³-hybridized carbons (Fsp3) is 0.706. The van der Waals surface area contributed by atoms with Gasteiger partial charge in [-0.2, -0.15) is 0 Å². The monoisotopic (exact) mass is 348 g/mol. The van der Waals surface area contributed by atoms with Crippen molar-refractivity contribution in [2.24, 2.45) is 0 Å². The molecule has 2 amide bonds. The number of carbonyl (C=O) groups is 1. The van der Waals surface area contributed by atoms with Crippen LogP contribution in [-0.2, 0) is 4.74 Å². The average molecular weight is 348 g/mol. The number of piperazine rings is 1. The largest absolute Gasteiger partial charge is 0.375 e. The van der Waals surface area contributed by atoms with E-state index in [-0.39, 0.29) is 12.1 Å². The summed E-state index contributed by atoms with van der Waals surface area (Å²) in [6, 6.07) is 1.87. The fourth-order valence-electron chi connectivity index (χ4n) is 3.24. The highest BCUT2D eigenvalue weighted by atomic mass is 16.5. The van der Waals surface area contributed by atoms with E-state index in [9.17, 15) is 4.79 Å². The van der Waals surface area contributed by atoms with Gasteiger partial charge >= 0.3 is 6.03 Å². The van der Waals surface area contributed by atoms with Gasteiger partial charge < -0.3 is 19.9 Å². The van der Waals surface area contributed by atoms with E-state index >= 15 is 0 Å². The van der Waals surface area contributed by atoms with Crippen LogP contribution in [0.1, 0.15) is 13.3 Å². The van der Waals surface area contributed by atoms with Crippen LogP contribution in [0, 0.1) is 0 Å². The summed E-state index contributed by atoms with van der Waals surface area (Å²) in [6.45, 7) is 9.61. The van der Waals surface area contributed by atoms with Crippen LogP contribution in [0.3, 0.4) is 0 Å². The van der Waals surface area contributed by atoms with E-state index < -0.39 is 0 Å². The van der Waals surface area contributed by atoms with Gasteiger partial charge in [0.05, 0.1) is 12.7 Å². The average Bonchev–Trinajstić information content (AvgIpc) is 2.66. The number of aromatic nitrogens is 2. The lowest BCUT2D eigenvalue weighted by Gasteiger charge is -2.34. The Morgan fingerprint density at radius 3 is 2.72 bits per heavy atom. The molecular formula is C17H28N6O2. The van der Waals surface area contributed by atoms with Crippen LogP contribution in [0.4, 0.5) is 10.7 Å². The zero-order valence-corrected chi connectivity index (χ0v) is 14.9. The van der Waals surface area contributed by atoms with Crippen molar-refractivity contribution >= 4 is 12.0 Å². The number of anilines is 1. The molecule has 0 radical (unpaired) electrons. The maximum Gasteiger partial charge on any atom is 0.317 e. The van der Waals surface area contributed by atoms with Crippen molar-refractivity contribution < 1.29 is 9.53 Å². The first-order valence-corrected chi connectivity index (χ1v) is 9.11. The van der Waals surface area contributed by atoms with Gasteiger partial charge in [-0.15, -0.1) is 0 Å². The first-order valence-electron chi connectivity index (χ1n) is 9.11. The second kappa shape index (κ2) is 8.96. The van der Waals surface area contributed by atoms with Crippen LogP contribution in [0.2, 0.25) is 0 Å². The molecule has 1 N–H and O–H groups in total. The summed E-state index contributed by atoms with van der Waals surface area (Å²) in [5, 5.41) is 3.02. The van der Waals surface area contributed by atoms with Crippen molar-refractivity contribution in [2.45, 2.75) is 19.4 Å². The summed E-state index contributed by atoms with van der Waals surface area (Å²) >= 11 is 0. The minimum atomic E-state index is 0.0289. The number of carbonyl (C=O) groups excluding carboxylic acids is 1. The Hall–Kier alpha value is -1.93. The van der Waals surface area contributed by atoms with Gasteiger partial charge in [0.2, 0.25) is 5.95 Å². The van der Waals surface area contributed by atoms with E-state index in [1.54, 1.807) is 12.4 Å². The SMILES string of the molecule is CC1CN(C(=O)NCCCN2CCN(c3ncccn3)CC2)CCO1. The fourth-order valence-corrected chi connectivity index (χ4v) is 3.24. The number of rotatable bonds is 5. The molecule has 138 valence electrons. The Bertz CT molecular complexity index is 535. The third-order valence-electron chi connectivity index (χ3n) is 4.66. The Morgan fingerprint density at radius 1 is 1.24 bits per heavy atom. The van der Waals surface area contributed by atoms with Crippen molar-refractivity contribution in [3.63, 3.8) is 0 Å². The number of nitrogens with one attached hydrogen (secondary N) is 1. The molecule has 1 unspecified atom stereocenters. The van der Waals surface area contributed by atoms with Crippen LogP contribution in [0.5, 0.6) is 0 Å². The van der Waals surface area contributed by atoms with Gasteiger partial charge in [0.15, 0.2) is 0 Å². The lowest BCUT2D eigenvalue weighted by atomic mass is 10.3. The molecule has 8 nitrogen and oxygen atoms in total. The van der Waals surface area contributed by atoms with Gasteiger partial charge in [0.1, 0.15) is 0 Å². The third-order valence-corrected chi connectivity index (χ3v) is 4.66. The van der Waals surface area contributed by atoms with Crippen LogP contribution in [-0.4, -0.2) is 90.9 Å². The second-order valence-electron chi connectivity index (χ2n) is 6.59. The van der Waals surface area contributed by atoms with E-state index in [2.05, 4.69) is 25.1 Å². The molecule has 2 saturated heterocycles. The summed E-state index contributed by atoms with van der Waals surface area (Å²) in [7, 11) is 0. The summed E-state index contributed by atoms with van der Waals surface area (Å²) in [4.78, 5) is 27.2. The first-order chi connectivity index (χ1) is 12.2. The van der Waals surface area contributed by atoms with Crippen molar-refractivity contribution in [2.75, 3.05) is 63.9 Å². The molecule has 2 aliphatic heterocycles. The zero-order chi connectivity index (χ0) is 17.5. The smallest absolute Gasteiger partial charge is 0.317 e. The van der Waals surface area contributed by atoms with Crippen molar-refractivity contribution in [1.29, 1.82) is 0 Å². The van der Waals surface area contributed by atoms with E-state index in [0.717, 1.165) is 45.1 Å². The molecule has 0 bridgehead atoms. The van der Waals surface area contributed by atoms with Crippen molar-refractivity contribution in [1.82, 2.24) is 25.1 Å². The molecule has 8 heteroatoms. The Labute approximate surface area is 149 Å². The molecule has 25 heavy (non-hydrogen) atoms. The second-order valence-corrected chi connectivity index (χ2v) is 6.59. The topological polar surface area (TPSA) is 73.8 Å². The number of nitrogens with zero attached hydrogens (tertiary/aromatic N) is 5. The lowest BCUT2D eigenvalue weighted by Crippen LogP contribution is -2.50. The molecule has 0 saturated carbocycles. The number of hydrogen-bond acceptors (Lipinski definition) is 6. The lowest BCUT2D eigenvalue weighted by molar-refractivity contribution is -0.00346. The maximum atomic E-state index is 12.1. The molecule has 3 rings (SSSR count). The van der Waals surface area contributed by atoms with Crippen LogP contribution < -0.4 is 10.2 Å². The van der Waals surface area contributed by atoms with Gasteiger partial charge in [-0.1, -0.05) is 0 Å². The molecular weight excluding hydrogens is 320 g/mol. The highest BCUT2D eigenvalue weighted by molar-refractivity contribution is 5.74. The van der Waals surface area contributed by atoms with Gasteiger partial charge in [0, 0.05) is 58.2 Å². The van der Waals surface area contributed by atoms with E-state index in [1.807, 2.05) is 17.9 Å². The predicted octanol–water partition coefficient (Wildman–Crippen LogP) is 0.419. The summed E-state index contributed by atoms with van der Waals surface area (Å²) < 4.78 is 5.46. The maximum absolute atomic E-state index is 12.1. The normalized spacial score (nSPS) is 22.0. The van der Waals surface area contributed by atoms with Crippen molar-refractivity contribution in [3.8, 4) is 0 Å². The van der Waals surface area contributed by atoms with Gasteiger partial charge in [0.25, 0.3) is 0 Å². The predicted molar refractivity (Wildman–Crippen MR) is 95.7 cm³/mol. The molecule has 3 heterocycles. The van der Waals surface area contributed by atoms with E-state index in [0.29, 0.717) is 26.2 Å². The molecule has 2 fully saturated rings. The van der Waals surface area contributed by atoms with Gasteiger partial charge in [-0.3, -0.25) is 4.90 Å². The summed E-state index contributed by atoms with van der Waals surface area (Å²) in [5.74, 6) is 0.814. The molecule has 0 aromatic carbocycles. The minimum absolute atomic E-state index is 0.0289. The van der Waals surface area contributed by atoms with Gasteiger partial charge in [-0.05, 0) is 26.0 Å². The Kier molecular flexibility index (Phi) is 6.41. The standard InChI is InChI=1S/C17H28N6O2/c1-15-14-23(12-13-25-15)17(24)20-6-3-7-21-8-10-22(11-9-21)16-18-4-2-5-19-16/h2,4-5,15H,3,6-14H2,1H3,(H,20,24). The van der Waals surface area contributed by atoms with E-state index in [4.69, 9.17) is 4.74 Å². The quantitative estimate of drug-likeness (QED) is 0.778. The number of hydrogen-bond donors (Lipinski definition) is 1. The molecule has 1 aromatic heterocycles. The number of morpholine rings is 1. The number of amides is 2. The highest BCUT2D eigenvalue weighted by Gasteiger charge is 2.21. The Balaban J connectivity index is 1.29. The minimum Gasteiger partial charge on any atom is -0.375 e. The highest BCUT2D eigenvalue weighted by Crippen LogP contribution is 2.09. The summed E-state index contributed by atoms with van der Waals surface area (Å²) in [6.07, 6.45) is 4.66. The summed E-state index contributed by atoms with van der Waals surface area (Å²) in [5.41, 5.74) is 0. The third kappa shape index (κ3) is 5.27. The molecule has 1 atom stereocenters. The van der Waals surface area contributed by atoms with Crippen molar-refractivity contribution in [3.05, 3.63) is 18.5 Å². The zero-order valence-electron chi connectivity index (χ0n) is 14.9. The molecule has 0 spiro atoms. The number of ether oxygens (including phenoxy) is 1. The number of urea groups is 1. The van der Waals surface area contributed by atoms with Crippen LogP contribution in [0.25, 0.3) is 0 Å². The van der Waals surface area contributed by atoms with E-state index in [1.165, 1.54) is 0 Å².